The van der Waals surface area contributed by atoms with Crippen LogP contribution in [-0.2, 0) is 10.0 Å². The summed E-state index contributed by atoms with van der Waals surface area (Å²) < 4.78 is 41.4. The van der Waals surface area contributed by atoms with Crippen molar-refractivity contribution in [2.24, 2.45) is 0 Å². The third-order valence-corrected chi connectivity index (χ3v) is 7.91. The molecule has 1 saturated carbocycles. The fraction of sp³-hybridized carbons (Fsp3) is 0.391. The number of nitrogens with one attached hydrogen (secondary N) is 1. The lowest BCUT2D eigenvalue weighted by atomic mass is 10.1. The van der Waals surface area contributed by atoms with Gasteiger partial charge in [0.1, 0.15) is 5.82 Å². The number of benzene rings is 2. The van der Waals surface area contributed by atoms with Crippen molar-refractivity contribution >= 4 is 33.4 Å². The fourth-order valence-corrected chi connectivity index (χ4v) is 5.85. The van der Waals surface area contributed by atoms with Crippen LogP contribution < -0.4 is 4.72 Å². The van der Waals surface area contributed by atoms with Crippen molar-refractivity contribution in [3.63, 3.8) is 0 Å². The van der Waals surface area contributed by atoms with E-state index in [-0.39, 0.29) is 38.9 Å². The van der Waals surface area contributed by atoms with Crippen molar-refractivity contribution in [2.75, 3.05) is 26.2 Å². The Labute approximate surface area is 197 Å². The summed E-state index contributed by atoms with van der Waals surface area (Å²) in [5, 5.41) is 0.0442. The Kier molecular flexibility index (Phi) is 7.02. The molecule has 1 N–H and O–H groups in total. The maximum atomic E-state index is 13.3. The monoisotopic (exact) mass is 493 g/mol. The summed E-state index contributed by atoms with van der Waals surface area (Å²) in [5.74, 6) is -1.13. The highest BCUT2D eigenvalue weighted by molar-refractivity contribution is 7.89. The van der Waals surface area contributed by atoms with Crippen LogP contribution in [-0.4, -0.2) is 62.3 Å². The Morgan fingerprint density at radius 1 is 0.939 bits per heavy atom. The molecule has 2 aliphatic rings. The summed E-state index contributed by atoms with van der Waals surface area (Å²) in [5.41, 5.74) is 0.496. The molecule has 176 valence electrons. The van der Waals surface area contributed by atoms with Crippen LogP contribution in [0.2, 0.25) is 5.02 Å². The normalized spacial score (nSPS) is 17.4. The first-order chi connectivity index (χ1) is 15.7. The molecule has 0 unspecified atom stereocenters. The molecule has 0 bridgehead atoms. The first-order valence-corrected chi connectivity index (χ1v) is 12.8. The molecular weight excluding hydrogens is 469 g/mol. The van der Waals surface area contributed by atoms with Crippen LogP contribution in [0.15, 0.2) is 47.4 Å². The van der Waals surface area contributed by atoms with Crippen molar-refractivity contribution in [2.45, 2.75) is 36.6 Å². The average molecular weight is 494 g/mol. The van der Waals surface area contributed by atoms with Gasteiger partial charge in [0.2, 0.25) is 10.0 Å². The van der Waals surface area contributed by atoms with Gasteiger partial charge in [0.25, 0.3) is 11.8 Å². The lowest BCUT2D eigenvalue weighted by Crippen LogP contribution is -2.50. The van der Waals surface area contributed by atoms with E-state index < -0.39 is 15.8 Å². The second-order valence-corrected chi connectivity index (χ2v) is 10.5. The maximum Gasteiger partial charge on any atom is 0.255 e. The summed E-state index contributed by atoms with van der Waals surface area (Å²) in [4.78, 5) is 28.9. The third-order valence-electron chi connectivity index (χ3n) is 6.08. The second-order valence-electron chi connectivity index (χ2n) is 8.34. The van der Waals surface area contributed by atoms with Gasteiger partial charge in [0.15, 0.2) is 0 Å². The fourth-order valence-electron chi connectivity index (χ4n) is 4.26. The zero-order chi connectivity index (χ0) is 23.6. The van der Waals surface area contributed by atoms with Crippen LogP contribution in [0.3, 0.4) is 0 Å². The smallest absolute Gasteiger partial charge is 0.255 e. The largest absolute Gasteiger partial charge is 0.335 e. The molecule has 0 aromatic heterocycles. The molecule has 2 aromatic rings. The molecule has 1 aliphatic heterocycles. The van der Waals surface area contributed by atoms with E-state index in [2.05, 4.69) is 4.72 Å². The van der Waals surface area contributed by atoms with Crippen molar-refractivity contribution in [1.29, 1.82) is 0 Å². The topological polar surface area (TPSA) is 86.8 Å². The lowest BCUT2D eigenvalue weighted by Gasteiger charge is -2.35. The Balaban J connectivity index is 1.40. The zero-order valence-corrected chi connectivity index (χ0v) is 19.5. The summed E-state index contributed by atoms with van der Waals surface area (Å²) in [6.07, 6.45) is 3.66. The average Bonchev–Trinajstić information content (AvgIpc) is 3.31. The van der Waals surface area contributed by atoms with E-state index in [1.54, 1.807) is 21.9 Å². The highest BCUT2D eigenvalue weighted by atomic mass is 35.5. The van der Waals surface area contributed by atoms with Crippen molar-refractivity contribution < 1.29 is 22.4 Å². The van der Waals surface area contributed by atoms with Crippen LogP contribution in [0.25, 0.3) is 0 Å². The Hall–Kier alpha value is -2.49. The van der Waals surface area contributed by atoms with Crippen molar-refractivity contribution in [1.82, 2.24) is 14.5 Å². The van der Waals surface area contributed by atoms with Gasteiger partial charge < -0.3 is 9.80 Å². The predicted molar refractivity (Wildman–Crippen MR) is 122 cm³/mol. The lowest BCUT2D eigenvalue weighted by molar-refractivity contribution is 0.0535. The van der Waals surface area contributed by atoms with E-state index in [4.69, 9.17) is 11.6 Å². The molecule has 0 radical (unpaired) electrons. The number of carbonyl (C=O) groups excluding carboxylic acids is 2. The van der Waals surface area contributed by atoms with Gasteiger partial charge in [0.05, 0.1) is 15.5 Å². The van der Waals surface area contributed by atoms with E-state index in [9.17, 15) is 22.4 Å². The summed E-state index contributed by atoms with van der Waals surface area (Å²) in [6, 6.07) is 9.60. The van der Waals surface area contributed by atoms with Crippen LogP contribution in [0.5, 0.6) is 0 Å². The molecule has 10 heteroatoms. The van der Waals surface area contributed by atoms with E-state index >= 15 is 0 Å². The Bertz CT molecular complexity index is 1160. The summed E-state index contributed by atoms with van der Waals surface area (Å²) in [7, 11) is -3.70. The molecule has 2 amide bonds. The minimum atomic E-state index is -3.70. The van der Waals surface area contributed by atoms with Gasteiger partial charge in [-0.3, -0.25) is 9.59 Å². The number of hydrogen-bond acceptors (Lipinski definition) is 4. The minimum absolute atomic E-state index is 0.0442. The number of rotatable bonds is 5. The van der Waals surface area contributed by atoms with Gasteiger partial charge in [-0.1, -0.05) is 30.5 Å². The molecule has 2 aromatic carbocycles. The highest BCUT2D eigenvalue weighted by Crippen LogP contribution is 2.22. The Morgan fingerprint density at radius 2 is 1.58 bits per heavy atom. The number of nitrogens with zero attached hydrogens (tertiary/aromatic N) is 2. The third kappa shape index (κ3) is 5.37. The van der Waals surface area contributed by atoms with E-state index in [0.717, 1.165) is 31.7 Å². The van der Waals surface area contributed by atoms with Crippen molar-refractivity contribution in [3.05, 3.63) is 64.4 Å². The number of piperazine rings is 1. The van der Waals surface area contributed by atoms with Gasteiger partial charge in [-0.25, -0.2) is 17.5 Å². The van der Waals surface area contributed by atoms with E-state index in [1.165, 1.54) is 24.3 Å². The molecule has 33 heavy (non-hydrogen) atoms. The molecule has 2 fully saturated rings. The molecular formula is C23H25ClFN3O4S. The molecule has 0 atom stereocenters. The van der Waals surface area contributed by atoms with E-state index in [0.29, 0.717) is 26.2 Å². The number of hydrogen-bond donors (Lipinski definition) is 1. The SMILES string of the molecule is O=C(c1cccc(S(=O)(=O)NC2CCCC2)c1)N1CCN(C(=O)c2ccc(F)cc2Cl)CC1. The molecule has 1 heterocycles. The number of sulfonamides is 1. The first kappa shape index (κ1) is 23.7. The molecule has 1 saturated heterocycles. The van der Waals surface area contributed by atoms with Gasteiger partial charge in [-0.15, -0.1) is 0 Å². The first-order valence-electron chi connectivity index (χ1n) is 10.9. The number of carbonyl (C=O) groups is 2. The zero-order valence-electron chi connectivity index (χ0n) is 18.0. The van der Waals surface area contributed by atoms with Crippen LogP contribution in [0, 0.1) is 5.82 Å². The maximum absolute atomic E-state index is 13.3. The van der Waals surface area contributed by atoms with Gasteiger partial charge >= 0.3 is 0 Å². The molecule has 0 spiro atoms. The van der Waals surface area contributed by atoms with Crippen LogP contribution in [0.1, 0.15) is 46.4 Å². The van der Waals surface area contributed by atoms with E-state index in [1.807, 2.05) is 0 Å². The molecule has 4 rings (SSSR count). The molecule has 1 aliphatic carbocycles. The number of halogens is 2. The second kappa shape index (κ2) is 9.79. The van der Waals surface area contributed by atoms with Gasteiger partial charge in [0, 0.05) is 37.8 Å². The quantitative estimate of drug-likeness (QED) is 0.692. The highest BCUT2D eigenvalue weighted by Gasteiger charge is 2.28. The van der Waals surface area contributed by atoms with Crippen molar-refractivity contribution in [3.8, 4) is 0 Å². The van der Waals surface area contributed by atoms with Crippen LogP contribution in [0.4, 0.5) is 4.39 Å². The summed E-state index contributed by atoms with van der Waals surface area (Å²) >= 11 is 6.00. The summed E-state index contributed by atoms with van der Waals surface area (Å²) in [6.45, 7) is 1.17. The number of amides is 2. The van der Waals surface area contributed by atoms with Crippen LogP contribution >= 0.6 is 11.6 Å². The van der Waals surface area contributed by atoms with Gasteiger partial charge in [-0.2, -0.15) is 0 Å². The Morgan fingerprint density at radius 3 is 2.21 bits per heavy atom. The van der Waals surface area contributed by atoms with Gasteiger partial charge in [-0.05, 0) is 49.2 Å². The minimum Gasteiger partial charge on any atom is -0.335 e. The predicted octanol–water partition coefficient (Wildman–Crippen LogP) is 3.30. The standard InChI is InChI=1S/C23H25ClFN3O4S/c24-21-15-17(25)8-9-20(21)23(30)28-12-10-27(11-13-28)22(29)16-4-3-7-19(14-16)33(31,32)26-18-5-1-2-6-18/h3-4,7-9,14-15,18,26H,1-2,5-6,10-13H2. The molecule has 7 nitrogen and oxygen atoms in total.